The van der Waals surface area contributed by atoms with Crippen LogP contribution in [-0.2, 0) is 19.6 Å². The van der Waals surface area contributed by atoms with Crippen molar-refractivity contribution in [3.05, 3.63) is 32.9 Å². The van der Waals surface area contributed by atoms with E-state index < -0.39 is 56.6 Å². The van der Waals surface area contributed by atoms with Gasteiger partial charge in [-0.3, -0.25) is 0 Å². The van der Waals surface area contributed by atoms with Gasteiger partial charge in [-0.05, 0) is 75.6 Å². The van der Waals surface area contributed by atoms with E-state index in [4.69, 9.17) is 9.47 Å². The second-order valence-electron chi connectivity index (χ2n) is 9.31. The molecule has 0 spiro atoms. The van der Waals surface area contributed by atoms with E-state index in [0.717, 1.165) is 0 Å². The number of hydrogen-bond donors (Lipinski definition) is 3. The molecule has 0 unspecified atom stereocenters. The molecule has 0 saturated heterocycles. The number of ether oxygens (including phenoxy) is 2. The molecule has 14 heteroatoms. The molecule has 1 aliphatic carbocycles. The first kappa shape index (κ1) is 27.8. The number of rotatable bonds is 7. The molecule has 1 aliphatic rings. The van der Waals surface area contributed by atoms with E-state index in [2.05, 4.69) is 10.3 Å². The topological polar surface area (TPSA) is 187 Å². The Morgan fingerprint density at radius 3 is 2.37 bits per heavy atom. The van der Waals surface area contributed by atoms with Crippen LogP contribution in [0, 0.1) is 36.8 Å². The molecule has 35 heavy (non-hydrogen) atoms. The van der Waals surface area contributed by atoms with E-state index in [1.807, 2.05) is 4.72 Å². The molecule has 1 amide bonds. The number of carbonyl (C=O) groups excluding carboxylic acids is 1. The summed E-state index contributed by atoms with van der Waals surface area (Å²) in [7, 11) is -2.95. The Kier molecular flexibility index (Phi) is 7.69. The molecule has 0 bridgehead atoms. The van der Waals surface area contributed by atoms with Gasteiger partial charge in [0.15, 0.2) is 0 Å². The number of amides is 1. The molecule has 1 aromatic rings. The molecule has 0 radical (unpaired) electrons. The zero-order valence-electron chi connectivity index (χ0n) is 20.6. The fourth-order valence-corrected chi connectivity index (χ4v) is 5.00. The number of nitrogens with one attached hydrogen (secondary N) is 2. The van der Waals surface area contributed by atoms with E-state index in [-0.39, 0.29) is 11.3 Å². The van der Waals surface area contributed by atoms with Gasteiger partial charge in [-0.15, -0.1) is 4.99 Å². The Balaban J connectivity index is 2.26. The zero-order valence-corrected chi connectivity index (χ0v) is 21.4. The maximum atomic E-state index is 12.9. The summed E-state index contributed by atoms with van der Waals surface area (Å²) in [4.78, 5) is 37.8. The van der Waals surface area contributed by atoms with Gasteiger partial charge in [-0.25, -0.2) is 9.59 Å². The fraction of sp³-hybridized carbons (Fsp3) is 0.571. The van der Waals surface area contributed by atoms with Crippen LogP contribution in [-0.4, -0.2) is 61.3 Å². The number of benzene rings is 1. The van der Waals surface area contributed by atoms with Crippen molar-refractivity contribution in [2.45, 2.75) is 64.0 Å². The van der Waals surface area contributed by atoms with Gasteiger partial charge < -0.3 is 30.0 Å². The molecule has 194 valence electrons. The summed E-state index contributed by atoms with van der Waals surface area (Å²) in [6.07, 6.45) is -1.01. The van der Waals surface area contributed by atoms with E-state index in [1.54, 1.807) is 41.5 Å². The second kappa shape index (κ2) is 9.68. The Bertz CT molecular complexity index is 1190. The number of aliphatic imine (C=N–C) groups is 1. The molecule has 1 fully saturated rings. The van der Waals surface area contributed by atoms with Crippen molar-refractivity contribution in [1.29, 1.82) is 0 Å². The first-order valence-corrected chi connectivity index (χ1v) is 12.0. The third kappa shape index (κ3) is 6.18. The summed E-state index contributed by atoms with van der Waals surface area (Å²) in [5.74, 6) is -2.73. The Morgan fingerprint density at radius 2 is 1.89 bits per heavy atom. The zero-order chi connectivity index (χ0) is 26.9. The van der Waals surface area contributed by atoms with Crippen LogP contribution in [0.15, 0.2) is 16.0 Å². The normalized spacial score (nSPS) is 20.1. The molecule has 1 saturated carbocycles. The molecule has 0 aliphatic heterocycles. The van der Waals surface area contributed by atoms with Gasteiger partial charge in [0.2, 0.25) is 0 Å². The van der Waals surface area contributed by atoms with Crippen molar-refractivity contribution in [2.24, 2.45) is 10.9 Å². The van der Waals surface area contributed by atoms with Crippen LogP contribution in [0.5, 0.6) is 5.75 Å². The Hall–Kier alpha value is -3.42. The number of carboxylic acids is 1. The van der Waals surface area contributed by atoms with E-state index >= 15 is 0 Å². The van der Waals surface area contributed by atoms with Gasteiger partial charge in [0.1, 0.15) is 28.3 Å². The number of alkyl carbamates (subject to hydrolysis) is 1. The largest absolute Gasteiger partial charge is 0.496 e. The van der Waals surface area contributed by atoms with Crippen LogP contribution in [0.3, 0.4) is 0 Å². The van der Waals surface area contributed by atoms with Crippen molar-refractivity contribution in [1.82, 2.24) is 10.0 Å². The molecule has 0 aromatic heterocycles. The number of sulfonamides is 1. The van der Waals surface area contributed by atoms with Crippen molar-refractivity contribution in [3.63, 3.8) is 0 Å². The summed E-state index contributed by atoms with van der Waals surface area (Å²) in [6, 6.07) is 1.34. The molecule has 1 aromatic carbocycles. The predicted octanol–water partition coefficient (Wildman–Crippen LogP) is 1.90. The third-order valence-electron chi connectivity index (χ3n) is 5.54. The maximum Gasteiger partial charge on any atom is 0.437 e. The minimum atomic E-state index is -4.40. The van der Waals surface area contributed by atoms with Gasteiger partial charge in [-0.2, -0.15) is 13.1 Å². The van der Waals surface area contributed by atoms with Crippen LogP contribution in [0.25, 0.3) is 0 Å². The van der Waals surface area contributed by atoms with Gasteiger partial charge in [0.05, 0.1) is 7.11 Å². The monoisotopic (exact) mass is 514 g/mol. The minimum Gasteiger partial charge on any atom is -0.496 e. The first-order valence-electron chi connectivity index (χ1n) is 10.6. The van der Waals surface area contributed by atoms with Crippen LogP contribution in [0.1, 0.15) is 43.9 Å². The standard InChI is InChI=1S/C21H30N4O9S/c1-11-8-15(12(2)13(3)16(11)33-7)35(31,32)24-18(25(29)30)22-10-14-9-21(14,17(26)27)23-19(28)34-20(4,5)6/h8,14H,9-10H2,1-7H3,(H,22,24)(H,23,28)(H,26,27)/t14-,21+/m0/s1. The van der Waals surface area contributed by atoms with Crippen LogP contribution < -0.4 is 14.8 Å². The molecule has 2 rings (SSSR count). The number of carbonyl (C=O) groups is 2. The van der Waals surface area contributed by atoms with Crippen molar-refractivity contribution in [3.8, 4) is 5.75 Å². The lowest BCUT2D eigenvalue weighted by Crippen LogP contribution is -2.47. The average molecular weight is 515 g/mol. The van der Waals surface area contributed by atoms with Gasteiger partial charge in [-0.1, -0.05) is 0 Å². The Labute approximate surface area is 203 Å². The smallest absolute Gasteiger partial charge is 0.437 e. The number of aliphatic carboxylic acids is 1. The lowest BCUT2D eigenvalue weighted by molar-refractivity contribution is -0.354. The van der Waals surface area contributed by atoms with E-state index in [1.165, 1.54) is 13.2 Å². The molecule has 13 nitrogen and oxygen atoms in total. The third-order valence-corrected chi connectivity index (χ3v) is 7.00. The molecule has 0 heterocycles. The van der Waals surface area contributed by atoms with Gasteiger partial charge >= 0.3 is 28.0 Å². The highest BCUT2D eigenvalue weighted by Crippen LogP contribution is 2.44. The van der Waals surface area contributed by atoms with Crippen LogP contribution >= 0.6 is 0 Å². The number of aryl methyl sites for hydroxylation is 1. The summed E-state index contributed by atoms with van der Waals surface area (Å²) >= 11 is 0. The summed E-state index contributed by atoms with van der Waals surface area (Å²) in [5.41, 5.74) is -1.15. The number of nitrogens with zero attached hydrogens (tertiary/aromatic N) is 2. The highest BCUT2D eigenvalue weighted by atomic mass is 32.2. The Morgan fingerprint density at radius 1 is 1.29 bits per heavy atom. The maximum absolute atomic E-state index is 12.9. The van der Waals surface area contributed by atoms with Crippen molar-refractivity contribution >= 4 is 28.0 Å². The van der Waals surface area contributed by atoms with Crippen molar-refractivity contribution < 1.29 is 37.5 Å². The quantitative estimate of drug-likeness (QED) is 0.211. The molecule has 3 N–H and O–H groups in total. The second-order valence-corrected chi connectivity index (χ2v) is 11.0. The lowest BCUT2D eigenvalue weighted by Gasteiger charge is -2.22. The molecular weight excluding hydrogens is 484 g/mol. The summed E-state index contributed by atoms with van der Waals surface area (Å²) in [5, 5.41) is 23.4. The first-order chi connectivity index (χ1) is 15.9. The van der Waals surface area contributed by atoms with Crippen LogP contribution in [0.2, 0.25) is 0 Å². The van der Waals surface area contributed by atoms with Gasteiger partial charge in [0.25, 0.3) is 0 Å². The SMILES string of the molecule is COc1c(C)cc(S(=O)(=O)NC(=NC[C@@H]2C[C@]2(NC(=O)OC(C)(C)C)C(=O)O)[N+](=O)[O-])c(C)c1C. The number of guanidine groups is 1. The number of methoxy groups -OCH3 is 1. The van der Waals surface area contributed by atoms with Crippen molar-refractivity contribution in [2.75, 3.05) is 13.7 Å². The number of carboxylic acid groups (broad SMARTS) is 1. The highest BCUT2D eigenvalue weighted by molar-refractivity contribution is 7.90. The predicted molar refractivity (Wildman–Crippen MR) is 125 cm³/mol. The fourth-order valence-electron chi connectivity index (χ4n) is 3.62. The molecule has 2 atom stereocenters. The van der Waals surface area contributed by atoms with Crippen LogP contribution in [0.4, 0.5) is 4.79 Å². The summed E-state index contributed by atoms with van der Waals surface area (Å²) in [6.45, 7) is 9.26. The van der Waals surface area contributed by atoms with E-state index in [9.17, 15) is 33.2 Å². The number of nitro groups is 1. The number of hydrogen-bond acceptors (Lipinski definition) is 9. The minimum absolute atomic E-state index is 0.0567. The average Bonchev–Trinajstić information content (AvgIpc) is 3.40. The molecular formula is C21H30N4O9S. The lowest BCUT2D eigenvalue weighted by atomic mass is 10.1. The van der Waals surface area contributed by atoms with Gasteiger partial charge in [0, 0.05) is 5.92 Å². The van der Waals surface area contributed by atoms with E-state index in [0.29, 0.717) is 22.4 Å². The highest BCUT2D eigenvalue weighted by Gasteiger charge is 2.63. The summed E-state index contributed by atoms with van der Waals surface area (Å²) < 4.78 is 38.1.